The second-order valence-electron chi connectivity index (χ2n) is 9.72. The average molecular weight is 485 g/mol. The van der Waals surface area contributed by atoms with Gasteiger partial charge in [0.15, 0.2) is 0 Å². The van der Waals surface area contributed by atoms with E-state index in [1.165, 1.54) is 18.9 Å². The van der Waals surface area contributed by atoms with E-state index in [1.54, 1.807) is 12.1 Å². The van der Waals surface area contributed by atoms with Crippen molar-refractivity contribution in [2.75, 3.05) is 55.0 Å². The fourth-order valence-corrected chi connectivity index (χ4v) is 6.24. The summed E-state index contributed by atoms with van der Waals surface area (Å²) in [4.78, 5) is 17.9. The molecule has 1 aliphatic carbocycles. The second-order valence-corrected chi connectivity index (χ2v) is 11.5. The predicted molar refractivity (Wildman–Crippen MR) is 133 cm³/mol. The van der Waals surface area contributed by atoms with Gasteiger partial charge in [-0.05, 0) is 67.9 Å². The molecule has 0 atom stereocenters. The number of fused-ring (bicyclic) bond motifs is 1. The van der Waals surface area contributed by atoms with Gasteiger partial charge in [-0.3, -0.25) is 4.79 Å². The van der Waals surface area contributed by atoms with E-state index in [2.05, 4.69) is 25.9 Å². The van der Waals surface area contributed by atoms with Gasteiger partial charge in [-0.2, -0.15) is 0 Å². The molecule has 2 fully saturated rings. The fourth-order valence-electron chi connectivity index (χ4n) is 5.20. The highest BCUT2D eigenvalue weighted by Crippen LogP contribution is 2.54. The highest BCUT2D eigenvalue weighted by atomic mass is 32.2. The summed E-state index contributed by atoms with van der Waals surface area (Å²) >= 11 is 0. The van der Waals surface area contributed by atoms with Crippen LogP contribution in [0.25, 0.3) is 0 Å². The number of anilines is 3. The van der Waals surface area contributed by atoms with Gasteiger partial charge in [0, 0.05) is 50.2 Å². The highest BCUT2D eigenvalue weighted by Gasteiger charge is 2.44. The Hall–Kier alpha value is -2.62. The molecular weight excluding hydrogens is 452 g/mol. The molecule has 2 aromatic rings. The summed E-state index contributed by atoms with van der Waals surface area (Å²) in [5, 5.41) is 12.1. The van der Waals surface area contributed by atoms with E-state index in [1.807, 2.05) is 19.2 Å². The number of likely N-dealkylation sites (N-methyl/N-ethyl adjacent to an activating group) is 1. The van der Waals surface area contributed by atoms with Crippen LogP contribution in [0.2, 0.25) is 0 Å². The largest absolute Gasteiger partial charge is 0.395 e. The van der Waals surface area contributed by atoms with Crippen LogP contribution in [-0.2, 0) is 16.4 Å². The van der Waals surface area contributed by atoms with Gasteiger partial charge >= 0.3 is 0 Å². The summed E-state index contributed by atoms with van der Waals surface area (Å²) < 4.78 is 27.8. The molecule has 182 valence electrons. The minimum Gasteiger partial charge on any atom is -0.395 e. The Balaban J connectivity index is 1.46. The zero-order chi connectivity index (χ0) is 23.9. The number of piperidine rings is 1. The molecule has 5 rings (SSSR count). The molecule has 1 spiro atoms. The monoisotopic (exact) mass is 484 g/mol. The SMILES string of the molecule is CN1CCc2c(NC(=O)c3ccc(S(=O)(=O)NCCO)cc3N3CCC4(CC3)CC4)cccc21. The minimum absolute atomic E-state index is 0.0559. The number of rotatable bonds is 7. The number of benzene rings is 2. The van der Waals surface area contributed by atoms with Gasteiger partial charge in [0.05, 0.1) is 22.8 Å². The van der Waals surface area contributed by atoms with Crippen molar-refractivity contribution in [3.8, 4) is 0 Å². The van der Waals surface area contributed by atoms with Gasteiger partial charge < -0.3 is 20.2 Å². The molecular formula is C25H32N4O4S. The maximum absolute atomic E-state index is 13.5. The molecule has 34 heavy (non-hydrogen) atoms. The Morgan fingerprint density at radius 1 is 1.06 bits per heavy atom. The molecule has 2 aliphatic heterocycles. The van der Waals surface area contributed by atoms with Gasteiger partial charge in [-0.25, -0.2) is 13.1 Å². The van der Waals surface area contributed by atoms with E-state index < -0.39 is 10.0 Å². The summed E-state index contributed by atoms with van der Waals surface area (Å²) in [6.07, 6.45) is 5.53. The third-order valence-electron chi connectivity index (χ3n) is 7.56. The maximum Gasteiger partial charge on any atom is 0.257 e. The maximum atomic E-state index is 13.5. The molecule has 1 saturated heterocycles. The lowest BCUT2D eigenvalue weighted by Crippen LogP contribution is -2.36. The van der Waals surface area contributed by atoms with Gasteiger partial charge in [0.2, 0.25) is 10.0 Å². The Labute approximate surface area is 201 Å². The molecule has 0 unspecified atom stereocenters. The number of aliphatic hydroxyl groups excluding tert-OH is 1. The summed E-state index contributed by atoms with van der Waals surface area (Å²) in [6, 6.07) is 10.6. The number of nitrogens with one attached hydrogen (secondary N) is 2. The Kier molecular flexibility index (Phi) is 6.03. The molecule has 0 aromatic heterocycles. The van der Waals surface area contributed by atoms with Crippen LogP contribution < -0.4 is 19.8 Å². The normalized spacial score (nSPS) is 18.8. The first kappa shape index (κ1) is 23.1. The van der Waals surface area contributed by atoms with E-state index >= 15 is 0 Å². The van der Waals surface area contributed by atoms with Crippen LogP contribution in [0.1, 0.15) is 41.6 Å². The van der Waals surface area contributed by atoms with Gasteiger partial charge in [0.1, 0.15) is 0 Å². The first-order chi connectivity index (χ1) is 16.3. The Bertz CT molecular complexity index is 1200. The van der Waals surface area contributed by atoms with E-state index in [0.717, 1.165) is 55.8 Å². The van der Waals surface area contributed by atoms with Gasteiger partial charge in [0.25, 0.3) is 5.91 Å². The molecule has 8 nitrogen and oxygen atoms in total. The number of nitrogens with zero attached hydrogens (tertiary/aromatic N) is 2. The zero-order valence-electron chi connectivity index (χ0n) is 19.5. The van der Waals surface area contributed by atoms with E-state index in [4.69, 9.17) is 5.11 Å². The van der Waals surface area contributed by atoms with Crippen molar-refractivity contribution in [1.29, 1.82) is 0 Å². The van der Waals surface area contributed by atoms with Crippen LogP contribution in [0.15, 0.2) is 41.3 Å². The molecule has 1 amide bonds. The summed E-state index contributed by atoms with van der Waals surface area (Å²) in [6.45, 7) is 2.19. The molecule has 1 saturated carbocycles. The quantitative estimate of drug-likeness (QED) is 0.558. The minimum atomic E-state index is -3.78. The van der Waals surface area contributed by atoms with Crippen molar-refractivity contribution in [2.45, 2.75) is 37.0 Å². The van der Waals surface area contributed by atoms with Crippen molar-refractivity contribution in [3.05, 3.63) is 47.5 Å². The van der Waals surface area contributed by atoms with Crippen LogP contribution in [0.4, 0.5) is 17.1 Å². The highest BCUT2D eigenvalue weighted by molar-refractivity contribution is 7.89. The molecule has 9 heteroatoms. The number of carbonyl (C=O) groups excluding carboxylic acids is 1. The van der Waals surface area contributed by atoms with E-state index in [-0.39, 0.29) is 24.0 Å². The van der Waals surface area contributed by atoms with E-state index in [0.29, 0.717) is 16.7 Å². The summed E-state index contributed by atoms with van der Waals surface area (Å²) in [7, 11) is -1.74. The average Bonchev–Trinajstić information content (AvgIpc) is 3.48. The molecule has 3 N–H and O–H groups in total. The molecule has 2 aromatic carbocycles. The van der Waals surface area contributed by atoms with Crippen molar-refractivity contribution in [2.24, 2.45) is 5.41 Å². The first-order valence-corrected chi connectivity index (χ1v) is 13.4. The van der Waals surface area contributed by atoms with Crippen molar-refractivity contribution in [3.63, 3.8) is 0 Å². The predicted octanol–water partition coefficient (Wildman–Crippen LogP) is 2.58. The summed E-state index contributed by atoms with van der Waals surface area (Å²) in [5.41, 5.74) is 4.62. The number of hydrogen-bond acceptors (Lipinski definition) is 6. The Morgan fingerprint density at radius 3 is 2.53 bits per heavy atom. The number of carbonyl (C=O) groups is 1. The lowest BCUT2D eigenvalue weighted by Gasteiger charge is -2.35. The fraction of sp³-hybridized carbons (Fsp3) is 0.480. The number of aliphatic hydroxyl groups is 1. The molecule has 3 aliphatic rings. The molecule has 0 bridgehead atoms. The smallest absolute Gasteiger partial charge is 0.257 e. The first-order valence-electron chi connectivity index (χ1n) is 12.0. The van der Waals surface area contributed by atoms with Crippen LogP contribution in [0.5, 0.6) is 0 Å². The van der Waals surface area contributed by atoms with Crippen LogP contribution in [0.3, 0.4) is 0 Å². The van der Waals surface area contributed by atoms with E-state index in [9.17, 15) is 13.2 Å². The second kappa shape index (κ2) is 8.87. The van der Waals surface area contributed by atoms with Crippen molar-refractivity contribution in [1.82, 2.24) is 4.72 Å². The summed E-state index contributed by atoms with van der Waals surface area (Å²) in [5.74, 6) is -0.239. The molecule has 2 heterocycles. The van der Waals surface area contributed by atoms with Crippen molar-refractivity contribution < 1.29 is 18.3 Å². The van der Waals surface area contributed by atoms with Crippen LogP contribution in [-0.4, -0.2) is 59.3 Å². The third kappa shape index (κ3) is 4.39. The topological polar surface area (TPSA) is 102 Å². The Morgan fingerprint density at radius 2 is 1.82 bits per heavy atom. The third-order valence-corrected chi connectivity index (χ3v) is 9.02. The van der Waals surface area contributed by atoms with Crippen LogP contribution in [0, 0.1) is 5.41 Å². The molecule has 0 radical (unpaired) electrons. The lowest BCUT2D eigenvalue weighted by atomic mass is 9.93. The number of sulfonamides is 1. The number of hydrogen-bond donors (Lipinski definition) is 3. The zero-order valence-corrected chi connectivity index (χ0v) is 20.3. The van der Waals surface area contributed by atoms with Crippen LogP contribution >= 0.6 is 0 Å². The van der Waals surface area contributed by atoms with Crippen molar-refractivity contribution >= 4 is 33.0 Å². The lowest BCUT2D eigenvalue weighted by molar-refractivity contribution is 0.102. The standard InChI is InChI=1S/C25H32N4O4S/c1-28-13-7-19-21(3-2-4-22(19)28)27-24(31)20-6-5-18(34(32,33)26-12-16-30)17-23(20)29-14-10-25(8-9-25)11-15-29/h2-6,17,26,30H,7-16H2,1H3,(H,27,31). The van der Waals surface area contributed by atoms with Gasteiger partial charge in [-0.1, -0.05) is 6.07 Å². The van der Waals surface area contributed by atoms with Gasteiger partial charge in [-0.15, -0.1) is 0 Å². The number of amides is 1.